The first kappa shape index (κ1) is 13.9. The number of nitrogens with one attached hydrogen (secondary N) is 1. The van der Waals surface area contributed by atoms with Gasteiger partial charge in [0.25, 0.3) is 0 Å². The molecule has 0 saturated heterocycles. The Morgan fingerprint density at radius 2 is 2.35 bits per heavy atom. The molecule has 0 bridgehead atoms. The fraction of sp³-hybridized carbons (Fsp3) is 0.200. The number of carbonyl (C=O) groups excluding carboxylic acids is 1. The molecule has 0 unspecified atom stereocenters. The molecule has 2 aromatic rings. The van der Waals surface area contributed by atoms with Crippen LogP contribution in [0.1, 0.15) is 12.0 Å². The number of hydrogen-bond donors (Lipinski definition) is 2. The Bertz CT molecular complexity index is 575. The van der Waals surface area contributed by atoms with Gasteiger partial charge in [0.2, 0.25) is 5.91 Å². The first-order valence-corrected chi connectivity index (χ1v) is 6.51. The maximum atomic E-state index is 11.6. The van der Waals surface area contributed by atoms with Crippen LogP contribution < -0.4 is 11.1 Å². The second-order valence-electron chi connectivity index (χ2n) is 4.45. The molecule has 1 aromatic carbocycles. The zero-order chi connectivity index (χ0) is 14.2. The predicted octanol–water partition coefficient (Wildman–Crippen LogP) is 1.68. The van der Waals surface area contributed by atoms with Crippen molar-refractivity contribution in [3.8, 4) is 0 Å². The smallest absolute Gasteiger partial charge is 0.244 e. The van der Waals surface area contributed by atoms with Gasteiger partial charge < -0.3 is 15.6 Å². The van der Waals surface area contributed by atoms with Crippen LogP contribution in [0.5, 0.6) is 0 Å². The summed E-state index contributed by atoms with van der Waals surface area (Å²) in [6.07, 6.45) is 9.55. The summed E-state index contributed by atoms with van der Waals surface area (Å²) in [6.45, 7) is 1.48. The molecular formula is C15H18N4O. The Morgan fingerprint density at radius 3 is 3.10 bits per heavy atom. The van der Waals surface area contributed by atoms with Crippen LogP contribution in [0.15, 0.2) is 49.1 Å². The predicted molar refractivity (Wildman–Crippen MR) is 79.7 cm³/mol. The van der Waals surface area contributed by atoms with E-state index in [-0.39, 0.29) is 5.91 Å². The van der Waals surface area contributed by atoms with Gasteiger partial charge in [-0.3, -0.25) is 4.79 Å². The van der Waals surface area contributed by atoms with Crippen molar-refractivity contribution in [2.75, 3.05) is 12.3 Å². The number of rotatable bonds is 6. The van der Waals surface area contributed by atoms with Crippen LogP contribution >= 0.6 is 0 Å². The standard InChI is InChI=1S/C15H18N4O/c16-14-4-1-3-13(11-14)5-6-15(20)18-7-2-9-19-10-8-17-12-19/h1,3-6,8,10-12H,2,7,9,16H2,(H,18,20)/b6-5+. The minimum Gasteiger partial charge on any atom is -0.399 e. The van der Waals surface area contributed by atoms with E-state index in [0.717, 1.165) is 18.5 Å². The second kappa shape index (κ2) is 7.13. The van der Waals surface area contributed by atoms with E-state index in [9.17, 15) is 4.79 Å². The molecular weight excluding hydrogens is 252 g/mol. The molecule has 1 amide bonds. The number of hydrogen-bond acceptors (Lipinski definition) is 3. The number of aromatic nitrogens is 2. The normalized spacial score (nSPS) is 10.8. The van der Waals surface area contributed by atoms with Gasteiger partial charge in [-0.2, -0.15) is 0 Å². The lowest BCUT2D eigenvalue weighted by molar-refractivity contribution is -0.116. The summed E-state index contributed by atoms with van der Waals surface area (Å²) in [6, 6.07) is 7.40. The van der Waals surface area contributed by atoms with Gasteiger partial charge in [0.15, 0.2) is 0 Å². The maximum Gasteiger partial charge on any atom is 0.244 e. The van der Waals surface area contributed by atoms with E-state index in [0.29, 0.717) is 12.2 Å². The largest absolute Gasteiger partial charge is 0.399 e. The van der Waals surface area contributed by atoms with E-state index in [1.54, 1.807) is 18.6 Å². The van der Waals surface area contributed by atoms with E-state index in [2.05, 4.69) is 10.3 Å². The minimum absolute atomic E-state index is 0.0990. The summed E-state index contributed by atoms with van der Waals surface area (Å²) in [7, 11) is 0. The van der Waals surface area contributed by atoms with E-state index in [1.165, 1.54) is 6.08 Å². The number of nitrogen functional groups attached to an aromatic ring is 1. The molecule has 0 saturated carbocycles. The van der Waals surface area contributed by atoms with Crippen LogP contribution in [0.4, 0.5) is 5.69 Å². The highest BCUT2D eigenvalue weighted by atomic mass is 16.1. The average Bonchev–Trinajstić information content (AvgIpc) is 2.95. The van der Waals surface area contributed by atoms with Gasteiger partial charge in [0.05, 0.1) is 6.33 Å². The Labute approximate surface area is 118 Å². The van der Waals surface area contributed by atoms with Crippen molar-refractivity contribution in [3.05, 3.63) is 54.6 Å². The molecule has 2 rings (SSSR count). The van der Waals surface area contributed by atoms with Gasteiger partial charge in [-0.15, -0.1) is 0 Å². The monoisotopic (exact) mass is 270 g/mol. The lowest BCUT2D eigenvalue weighted by Gasteiger charge is -2.03. The first-order valence-electron chi connectivity index (χ1n) is 6.51. The molecule has 5 heteroatoms. The van der Waals surface area contributed by atoms with E-state index in [1.807, 2.05) is 35.0 Å². The van der Waals surface area contributed by atoms with Crippen LogP contribution in [-0.4, -0.2) is 22.0 Å². The molecule has 5 nitrogen and oxygen atoms in total. The van der Waals surface area contributed by atoms with Crippen molar-refractivity contribution in [1.29, 1.82) is 0 Å². The van der Waals surface area contributed by atoms with Crippen molar-refractivity contribution < 1.29 is 4.79 Å². The minimum atomic E-state index is -0.0990. The molecule has 0 atom stereocenters. The first-order chi connectivity index (χ1) is 9.74. The number of aryl methyl sites for hydroxylation is 1. The Kier molecular flexibility index (Phi) is 4.94. The zero-order valence-corrected chi connectivity index (χ0v) is 11.2. The third-order valence-electron chi connectivity index (χ3n) is 2.79. The number of anilines is 1. The Balaban J connectivity index is 1.70. The van der Waals surface area contributed by atoms with Crippen LogP contribution in [0.2, 0.25) is 0 Å². The summed E-state index contributed by atoms with van der Waals surface area (Å²) >= 11 is 0. The van der Waals surface area contributed by atoms with Crippen molar-refractivity contribution >= 4 is 17.7 Å². The van der Waals surface area contributed by atoms with Gasteiger partial charge in [-0.1, -0.05) is 12.1 Å². The molecule has 0 spiro atoms. The molecule has 3 N–H and O–H groups in total. The van der Waals surface area contributed by atoms with Crippen LogP contribution in [0.3, 0.4) is 0 Å². The fourth-order valence-corrected chi connectivity index (χ4v) is 1.79. The lowest BCUT2D eigenvalue weighted by atomic mass is 10.2. The zero-order valence-electron chi connectivity index (χ0n) is 11.2. The van der Waals surface area contributed by atoms with E-state index in [4.69, 9.17) is 5.73 Å². The molecule has 0 aliphatic heterocycles. The third kappa shape index (κ3) is 4.61. The van der Waals surface area contributed by atoms with Gasteiger partial charge in [0.1, 0.15) is 0 Å². The van der Waals surface area contributed by atoms with Gasteiger partial charge in [-0.05, 0) is 30.2 Å². The highest BCUT2D eigenvalue weighted by Gasteiger charge is 1.96. The summed E-state index contributed by atoms with van der Waals surface area (Å²) in [5, 5.41) is 2.84. The molecule has 20 heavy (non-hydrogen) atoms. The van der Waals surface area contributed by atoms with Crippen LogP contribution in [-0.2, 0) is 11.3 Å². The summed E-state index contributed by atoms with van der Waals surface area (Å²) in [4.78, 5) is 15.6. The molecule has 0 radical (unpaired) electrons. The summed E-state index contributed by atoms with van der Waals surface area (Å²) in [5.41, 5.74) is 7.27. The molecule has 1 heterocycles. The van der Waals surface area contributed by atoms with Gasteiger partial charge >= 0.3 is 0 Å². The number of nitrogens with zero attached hydrogens (tertiary/aromatic N) is 2. The highest BCUT2D eigenvalue weighted by Crippen LogP contribution is 2.07. The van der Waals surface area contributed by atoms with Gasteiger partial charge in [-0.25, -0.2) is 4.98 Å². The summed E-state index contributed by atoms with van der Waals surface area (Å²) < 4.78 is 1.98. The number of nitrogens with two attached hydrogens (primary N) is 1. The molecule has 0 aliphatic rings. The van der Waals surface area contributed by atoms with Gasteiger partial charge in [0, 0.05) is 37.2 Å². The lowest BCUT2D eigenvalue weighted by Crippen LogP contribution is -2.22. The number of carbonyl (C=O) groups is 1. The summed E-state index contributed by atoms with van der Waals surface area (Å²) in [5.74, 6) is -0.0990. The van der Waals surface area contributed by atoms with E-state index >= 15 is 0 Å². The number of amides is 1. The molecule has 0 aliphatic carbocycles. The topological polar surface area (TPSA) is 72.9 Å². The molecule has 0 fully saturated rings. The quantitative estimate of drug-likeness (QED) is 0.476. The molecule has 1 aromatic heterocycles. The number of imidazole rings is 1. The fourth-order valence-electron chi connectivity index (χ4n) is 1.79. The SMILES string of the molecule is Nc1cccc(/C=C/C(=O)NCCCn2ccnc2)c1. The second-order valence-corrected chi connectivity index (χ2v) is 4.45. The van der Waals surface area contributed by atoms with Crippen molar-refractivity contribution in [2.24, 2.45) is 0 Å². The average molecular weight is 270 g/mol. The Morgan fingerprint density at radius 1 is 1.45 bits per heavy atom. The third-order valence-corrected chi connectivity index (χ3v) is 2.79. The number of benzene rings is 1. The van der Waals surface area contributed by atoms with Crippen molar-refractivity contribution in [1.82, 2.24) is 14.9 Å². The van der Waals surface area contributed by atoms with Crippen molar-refractivity contribution in [2.45, 2.75) is 13.0 Å². The molecule has 104 valence electrons. The van der Waals surface area contributed by atoms with E-state index < -0.39 is 0 Å². The maximum absolute atomic E-state index is 11.6. The van der Waals surface area contributed by atoms with Crippen LogP contribution in [0, 0.1) is 0 Å². The Hall–Kier alpha value is -2.56. The van der Waals surface area contributed by atoms with Crippen molar-refractivity contribution in [3.63, 3.8) is 0 Å². The highest BCUT2D eigenvalue weighted by molar-refractivity contribution is 5.91. The van der Waals surface area contributed by atoms with Crippen LogP contribution in [0.25, 0.3) is 6.08 Å².